The lowest BCUT2D eigenvalue weighted by Gasteiger charge is -2.33. The van der Waals surface area contributed by atoms with Gasteiger partial charge in [0.2, 0.25) is 0 Å². The van der Waals surface area contributed by atoms with Crippen LogP contribution in [0.15, 0.2) is 36.3 Å². The molecule has 0 aliphatic carbocycles. The summed E-state index contributed by atoms with van der Waals surface area (Å²) in [5.74, 6) is -2.20. The molecule has 0 unspecified atom stereocenters. The maximum atomic E-state index is 14.0. The number of carbonyl (C=O) groups is 2. The molecule has 1 amide bonds. The number of nitrogens with one attached hydrogen (secondary N) is 1. The number of nitrogens with two attached hydrogens (primary N) is 1. The molecule has 0 aromatic heterocycles. The van der Waals surface area contributed by atoms with Crippen LogP contribution in [-0.4, -0.2) is 42.3 Å². The van der Waals surface area contributed by atoms with Crippen LogP contribution in [0.4, 0.5) is 10.1 Å². The third kappa shape index (κ3) is 4.10. The summed E-state index contributed by atoms with van der Waals surface area (Å²) in [7, 11) is 0. The Hall–Kier alpha value is -1.99. The summed E-state index contributed by atoms with van der Waals surface area (Å²) in [5.41, 5.74) is 5.49. The van der Waals surface area contributed by atoms with Gasteiger partial charge < -0.3 is 16.0 Å². The van der Waals surface area contributed by atoms with Gasteiger partial charge in [0.05, 0.1) is 5.69 Å². The minimum atomic E-state index is -0.836. The predicted molar refractivity (Wildman–Crippen MR) is 97.9 cm³/mol. The average molecular weight is 398 g/mol. The molecule has 0 spiro atoms. The number of hydrogen-bond donors (Lipinski definition) is 2. The molecule has 1 heterocycles. The van der Waals surface area contributed by atoms with Crippen molar-refractivity contribution in [3.63, 3.8) is 0 Å². The Labute approximate surface area is 149 Å². The Bertz CT molecular complexity index is 663. The summed E-state index contributed by atoms with van der Waals surface area (Å²) in [6.45, 7) is 13.1. The van der Waals surface area contributed by atoms with Crippen molar-refractivity contribution in [2.45, 2.75) is 13.0 Å². The van der Waals surface area contributed by atoms with Gasteiger partial charge in [-0.3, -0.25) is 9.59 Å². The summed E-state index contributed by atoms with van der Waals surface area (Å²) in [4.78, 5) is 26.2. The van der Waals surface area contributed by atoms with Crippen molar-refractivity contribution in [2.24, 2.45) is 0 Å². The molecule has 1 atom stereocenters. The summed E-state index contributed by atoms with van der Waals surface area (Å²) in [5, 5.41) is 3.13. The van der Waals surface area contributed by atoms with Gasteiger partial charge in [0, 0.05) is 41.3 Å². The van der Waals surface area contributed by atoms with E-state index in [2.05, 4.69) is 41.0 Å². The normalized spacial score (nSPS) is 16.8. The molecule has 0 bridgehead atoms. The second-order valence-corrected chi connectivity index (χ2v) is 6.03. The molecule has 1 saturated heterocycles. The second-order valence-electron chi connectivity index (χ2n) is 5.18. The Morgan fingerprint density at radius 2 is 2.04 bits per heavy atom. The molecule has 3 N–H and O–H groups in total. The molecule has 1 aliphatic heterocycles. The van der Waals surface area contributed by atoms with E-state index in [4.69, 9.17) is 5.73 Å². The van der Waals surface area contributed by atoms with Gasteiger partial charge in [0.25, 0.3) is 11.7 Å². The zero-order chi connectivity index (χ0) is 18.4. The lowest BCUT2D eigenvalue weighted by molar-refractivity contribution is -0.143. The summed E-state index contributed by atoms with van der Waals surface area (Å²) in [6.07, 6.45) is 0. The molecule has 1 aromatic rings. The minimum absolute atomic E-state index is 0.0551. The van der Waals surface area contributed by atoms with Gasteiger partial charge in [-0.25, -0.2) is 4.39 Å². The SMILES string of the molecule is C=C.C=C(C(=O)C(=O)N1CCNC[C@@H]1C)c1c(F)ccc(Br)c1N. The van der Waals surface area contributed by atoms with E-state index in [0.717, 1.165) is 0 Å². The number of ketones is 1. The van der Waals surface area contributed by atoms with Crippen molar-refractivity contribution in [3.8, 4) is 0 Å². The van der Waals surface area contributed by atoms with Crippen LogP contribution in [0, 0.1) is 5.82 Å². The highest BCUT2D eigenvalue weighted by Gasteiger charge is 2.31. The fourth-order valence-electron chi connectivity index (χ4n) is 2.39. The molecule has 130 valence electrons. The molecular formula is C17H21BrFN3O2. The largest absolute Gasteiger partial charge is 0.397 e. The number of hydrogen-bond acceptors (Lipinski definition) is 4. The second kappa shape index (κ2) is 8.75. The zero-order valence-corrected chi connectivity index (χ0v) is 15.2. The van der Waals surface area contributed by atoms with Crippen molar-refractivity contribution in [1.82, 2.24) is 10.2 Å². The first-order valence-electron chi connectivity index (χ1n) is 7.33. The number of rotatable bonds is 3. The number of halogens is 2. The van der Waals surface area contributed by atoms with Crippen LogP contribution in [0.3, 0.4) is 0 Å². The number of Topliss-reactive ketones (excluding diaryl/α,β-unsaturated/α-hetero) is 1. The fourth-order valence-corrected chi connectivity index (χ4v) is 2.72. The number of carbonyl (C=O) groups excluding carboxylic acids is 2. The van der Waals surface area contributed by atoms with Crippen molar-refractivity contribution in [2.75, 3.05) is 25.4 Å². The van der Waals surface area contributed by atoms with Gasteiger partial charge in [-0.1, -0.05) is 6.58 Å². The quantitative estimate of drug-likeness (QED) is 0.355. The third-order valence-corrected chi connectivity index (χ3v) is 4.37. The van der Waals surface area contributed by atoms with Gasteiger partial charge in [0.15, 0.2) is 0 Å². The monoisotopic (exact) mass is 397 g/mol. The van der Waals surface area contributed by atoms with Crippen molar-refractivity contribution >= 4 is 38.9 Å². The van der Waals surface area contributed by atoms with Crippen LogP contribution in [0.2, 0.25) is 0 Å². The molecular weight excluding hydrogens is 377 g/mol. The van der Waals surface area contributed by atoms with Crippen LogP contribution < -0.4 is 11.1 Å². The first-order valence-corrected chi connectivity index (χ1v) is 8.12. The highest BCUT2D eigenvalue weighted by Crippen LogP contribution is 2.31. The van der Waals surface area contributed by atoms with E-state index in [1.807, 2.05) is 6.92 Å². The van der Waals surface area contributed by atoms with Crippen LogP contribution >= 0.6 is 15.9 Å². The van der Waals surface area contributed by atoms with Gasteiger partial charge in [-0.05, 0) is 35.0 Å². The van der Waals surface area contributed by atoms with Crippen LogP contribution in [0.5, 0.6) is 0 Å². The molecule has 0 radical (unpaired) electrons. The Morgan fingerprint density at radius 1 is 1.42 bits per heavy atom. The molecule has 0 saturated carbocycles. The number of benzene rings is 1. The van der Waals surface area contributed by atoms with E-state index in [1.54, 1.807) is 0 Å². The fraction of sp³-hybridized carbons (Fsp3) is 0.294. The van der Waals surface area contributed by atoms with E-state index < -0.39 is 17.5 Å². The predicted octanol–water partition coefficient (Wildman–Crippen LogP) is 2.38. The lowest BCUT2D eigenvalue weighted by atomic mass is 9.99. The number of anilines is 1. The highest BCUT2D eigenvalue weighted by molar-refractivity contribution is 9.10. The maximum absolute atomic E-state index is 14.0. The Kier molecular flexibility index (Phi) is 7.31. The molecule has 1 aliphatic rings. The molecule has 2 rings (SSSR count). The minimum Gasteiger partial charge on any atom is -0.397 e. The van der Waals surface area contributed by atoms with Crippen LogP contribution in [0.1, 0.15) is 12.5 Å². The zero-order valence-electron chi connectivity index (χ0n) is 13.6. The molecule has 1 fully saturated rings. The van der Waals surface area contributed by atoms with E-state index in [1.165, 1.54) is 17.0 Å². The van der Waals surface area contributed by atoms with Gasteiger partial charge in [-0.2, -0.15) is 0 Å². The van der Waals surface area contributed by atoms with Crippen molar-refractivity contribution in [1.29, 1.82) is 0 Å². The number of nitrogens with zero attached hydrogens (tertiary/aromatic N) is 1. The first-order chi connectivity index (χ1) is 11.3. The number of piperazine rings is 1. The van der Waals surface area contributed by atoms with E-state index in [-0.39, 0.29) is 22.9 Å². The van der Waals surface area contributed by atoms with Crippen molar-refractivity contribution in [3.05, 3.63) is 47.7 Å². The Morgan fingerprint density at radius 3 is 2.62 bits per heavy atom. The lowest BCUT2D eigenvalue weighted by Crippen LogP contribution is -2.54. The number of nitrogen functional groups attached to an aromatic ring is 1. The molecule has 5 nitrogen and oxygen atoms in total. The topological polar surface area (TPSA) is 75.4 Å². The van der Waals surface area contributed by atoms with Crippen LogP contribution in [0.25, 0.3) is 5.57 Å². The average Bonchev–Trinajstić information content (AvgIpc) is 2.59. The third-order valence-electron chi connectivity index (χ3n) is 3.67. The standard InChI is InChI=1S/C15H17BrFN3O2.C2H4/c1-8-7-19-5-6-20(8)15(22)14(21)9(2)12-11(17)4-3-10(16)13(12)18;1-2/h3-4,8,19H,2,5-7,18H2,1H3;1-2H2/t8-;/m0./s1. The summed E-state index contributed by atoms with van der Waals surface area (Å²) < 4.78 is 14.4. The summed E-state index contributed by atoms with van der Waals surface area (Å²) >= 11 is 3.17. The van der Waals surface area contributed by atoms with E-state index in [0.29, 0.717) is 24.1 Å². The van der Waals surface area contributed by atoms with E-state index >= 15 is 0 Å². The smallest absolute Gasteiger partial charge is 0.295 e. The molecule has 24 heavy (non-hydrogen) atoms. The number of amides is 1. The molecule has 1 aromatic carbocycles. The van der Waals surface area contributed by atoms with Gasteiger partial charge in [-0.15, -0.1) is 13.2 Å². The van der Waals surface area contributed by atoms with Crippen molar-refractivity contribution < 1.29 is 14.0 Å². The Balaban J connectivity index is 0.00000139. The summed E-state index contributed by atoms with van der Waals surface area (Å²) in [6, 6.07) is 2.50. The van der Waals surface area contributed by atoms with Gasteiger partial charge in [0.1, 0.15) is 5.82 Å². The van der Waals surface area contributed by atoms with Crippen LogP contribution in [-0.2, 0) is 9.59 Å². The highest BCUT2D eigenvalue weighted by atomic mass is 79.9. The molecule has 7 heteroatoms. The first kappa shape index (κ1) is 20.1. The van der Waals surface area contributed by atoms with Gasteiger partial charge >= 0.3 is 0 Å². The van der Waals surface area contributed by atoms with E-state index in [9.17, 15) is 14.0 Å². The maximum Gasteiger partial charge on any atom is 0.295 e.